The number of carbonyl (C=O) groups excluding carboxylic acids is 2. The number of amides is 2. The van der Waals surface area contributed by atoms with E-state index in [1.54, 1.807) is 48.5 Å². The number of benzene rings is 3. The van der Waals surface area contributed by atoms with E-state index in [0.29, 0.717) is 34.9 Å². The molecule has 3 aromatic rings. The van der Waals surface area contributed by atoms with E-state index < -0.39 is 11.8 Å². The molecule has 0 aliphatic rings. The first-order chi connectivity index (χ1) is 17.0. The fraction of sp³-hybridized carbons (Fsp3) is 0.154. The number of hydrogen-bond donors (Lipinski definition) is 2. The Hall–Kier alpha value is -4.16. The number of nitrogens with one attached hydrogen (secondary N) is 2. The molecule has 0 unspecified atom stereocenters. The van der Waals surface area contributed by atoms with Crippen molar-refractivity contribution in [1.29, 1.82) is 5.26 Å². The van der Waals surface area contributed by atoms with Crippen LogP contribution in [0.3, 0.4) is 0 Å². The highest BCUT2D eigenvalue weighted by Crippen LogP contribution is 2.29. The fourth-order valence-corrected chi connectivity index (χ4v) is 3.41. The third-order valence-corrected chi connectivity index (χ3v) is 5.35. The molecule has 0 atom stereocenters. The maximum Gasteiger partial charge on any atom is 0.249 e. The SMILES string of the molecule is CCOc1cc(C=NNC(=O)CC(=O)Nc2ccccc2Br)ccc1OCc1ccccc1C#N. The van der Waals surface area contributed by atoms with Gasteiger partial charge in [0.25, 0.3) is 0 Å². The molecule has 0 radical (unpaired) electrons. The van der Waals surface area contributed by atoms with Gasteiger partial charge in [-0.05, 0) is 64.8 Å². The molecule has 178 valence electrons. The fourth-order valence-electron chi connectivity index (χ4n) is 3.02. The molecule has 3 rings (SSSR count). The van der Waals surface area contributed by atoms with Crippen molar-refractivity contribution < 1.29 is 19.1 Å². The number of hydrogen-bond acceptors (Lipinski definition) is 6. The van der Waals surface area contributed by atoms with E-state index in [1.165, 1.54) is 6.21 Å². The van der Waals surface area contributed by atoms with Crippen molar-refractivity contribution in [3.8, 4) is 17.6 Å². The van der Waals surface area contributed by atoms with Gasteiger partial charge in [0.05, 0.1) is 30.1 Å². The van der Waals surface area contributed by atoms with Gasteiger partial charge in [-0.2, -0.15) is 10.4 Å². The summed E-state index contributed by atoms with van der Waals surface area (Å²) in [6, 6.07) is 21.7. The van der Waals surface area contributed by atoms with Crippen molar-refractivity contribution in [1.82, 2.24) is 5.43 Å². The molecule has 0 aromatic heterocycles. The molecule has 0 saturated heterocycles. The number of rotatable bonds is 10. The summed E-state index contributed by atoms with van der Waals surface area (Å²) in [5.41, 5.74) is 4.91. The minimum absolute atomic E-state index is 0.217. The second kappa shape index (κ2) is 12.9. The highest BCUT2D eigenvalue weighted by molar-refractivity contribution is 9.10. The number of nitriles is 1. The van der Waals surface area contributed by atoms with Crippen LogP contribution < -0.4 is 20.2 Å². The Labute approximate surface area is 211 Å². The van der Waals surface area contributed by atoms with Crippen LogP contribution in [0.1, 0.15) is 30.0 Å². The molecule has 0 spiro atoms. The molecule has 0 aliphatic heterocycles. The number of carbonyl (C=O) groups is 2. The maximum absolute atomic E-state index is 12.1. The Morgan fingerprint density at radius 3 is 2.57 bits per heavy atom. The first-order valence-electron chi connectivity index (χ1n) is 10.7. The minimum atomic E-state index is -0.549. The first kappa shape index (κ1) is 25.5. The summed E-state index contributed by atoms with van der Waals surface area (Å²) in [4.78, 5) is 24.1. The van der Waals surface area contributed by atoms with Gasteiger partial charge in [0, 0.05) is 10.0 Å². The quantitative estimate of drug-likeness (QED) is 0.221. The number of nitrogens with zero attached hydrogens (tertiary/aromatic N) is 2. The highest BCUT2D eigenvalue weighted by Gasteiger charge is 2.11. The third kappa shape index (κ3) is 7.69. The summed E-state index contributed by atoms with van der Waals surface area (Å²) in [7, 11) is 0. The van der Waals surface area contributed by atoms with Crippen LogP contribution >= 0.6 is 15.9 Å². The van der Waals surface area contributed by atoms with E-state index in [2.05, 4.69) is 37.8 Å². The summed E-state index contributed by atoms with van der Waals surface area (Å²) in [6.07, 6.45) is 1.07. The lowest BCUT2D eigenvalue weighted by Crippen LogP contribution is -2.24. The molecular formula is C26H23BrN4O4. The zero-order valence-electron chi connectivity index (χ0n) is 19.0. The largest absolute Gasteiger partial charge is 0.490 e. The van der Waals surface area contributed by atoms with E-state index in [1.807, 2.05) is 25.1 Å². The van der Waals surface area contributed by atoms with Crippen LogP contribution in [0.15, 0.2) is 76.3 Å². The molecule has 35 heavy (non-hydrogen) atoms. The van der Waals surface area contributed by atoms with E-state index in [9.17, 15) is 14.9 Å². The van der Waals surface area contributed by atoms with Crippen LogP contribution in [0.5, 0.6) is 11.5 Å². The van der Waals surface area contributed by atoms with Crippen molar-refractivity contribution >= 4 is 39.6 Å². The van der Waals surface area contributed by atoms with Crippen molar-refractivity contribution in [2.24, 2.45) is 5.10 Å². The van der Waals surface area contributed by atoms with Gasteiger partial charge in [-0.3, -0.25) is 9.59 Å². The van der Waals surface area contributed by atoms with Crippen LogP contribution in [-0.2, 0) is 16.2 Å². The monoisotopic (exact) mass is 534 g/mol. The molecule has 2 amide bonds. The molecule has 8 nitrogen and oxygen atoms in total. The zero-order chi connectivity index (χ0) is 25.0. The molecule has 0 saturated carbocycles. The molecule has 0 heterocycles. The van der Waals surface area contributed by atoms with Gasteiger partial charge >= 0.3 is 0 Å². The Kier molecular flexibility index (Phi) is 9.39. The van der Waals surface area contributed by atoms with Gasteiger partial charge in [-0.15, -0.1) is 0 Å². The smallest absolute Gasteiger partial charge is 0.249 e. The lowest BCUT2D eigenvalue weighted by molar-refractivity contribution is -0.126. The second-order valence-corrected chi connectivity index (χ2v) is 8.05. The molecule has 0 aliphatic carbocycles. The molecule has 0 bridgehead atoms. The second-order valence-electron chi connectivity index (χ2n) is 7.19. The third-order valence-electron chi connectivity index (χ3n) is 4.66. The van der Waals surface area contributed by atoms with Crippen LogP contribution in [0.25, 0.3) is 0 Å². The molecule has 2 N–H and O–H groups in total. The van der Waals surface area contributed by atoms with Crippen LogP contribution in [0.4, 0.5) is 5.69 Å². The summed E-state index contributed by atoms with van der Waals surface area (Å²) in [5.74, 6) is 0.0178. The zero-order valence-corrected chi connectivity index (χ0v) is 20.5. The van der Waals surface area contributed by atoms with Crippen molar-refractivity contribution in [2.45, 2.75) is 20.0 Å². The number of anilines is 1. The average molecular weight is 535 g/mol. The lowest BCUT2D eigenvalue weighted by Gasteiger charge is -2.13. The Morgan fingerprint density at radius 2 is 1.80 bits per heavy atom. The first-order valence-corrected chi connectivity index (χ1v) is 11.5. The van der Waals surface area contributed by atoms with E-state index in [0.717, 1.165) is 10.0 Å². The van der Waals surface area contributed by atoms with Gasteiger partial charge in [0.1, 0.15) is 13.0 Å². The summed E-state index contributed by atoms with van der Waals surface area (Å²) < 4.78 is 12.3. The van der Waals surface area contributed by atoms with Crippen LogP contribution in [0, 0.1) is 11.3 Å². The molecular weight excluding hydrogens is 512 g/mol. The topological polar surface area (TPSA) is 113 Å². The predicted molar refractivity (Wildman–Crippen MR) is 136 cm³/mol. The molecule has 3 aromatic carbocycles. The predicted octanol–water partition coefficient (Wildman–Crippen LogP) is 4.78. The standard InChI is InChI=1S/C26H23BrN4O4/c1-2-34-24-13-18(11-12-23(24)35-17-20-8-4-3-7-19(20)15-28)16-29-31-26(33)14-25(32)30-22-10-6-5-9-21(22)27/h3-13,16H,2,14,17H2,1H3,(H,30,32)(H,31,33). The number of hydrazone groups is 1. The lowest BCUT2D eigenvalue weighted by atomic mass is 10.1. The number of ether oxygens (including phenoxy) is 2. The van der Waals surface area contributed by atoms with Crippen molar-refractivity contribution in [3.05, 3.63) is 87.9 Å². The van der Waals surface area contributed by atoms with Gasteiger partial charge in [-0.1, -0.05) is 30.3 Å². The van der Waals surface area contributed by atoms with Gasteiger partial charge in [0.2, 0.25) is 11.8 Å². The summed E-state index contributed by atoms with van der Waals surface area (Å²) in [5, 5.41) is 15.8. The number of para-hydroxylation sites is 1. The van der Waals surface area contributed by atoms with E-state index in [4.69, 9.17) is 9.47 Å². The minimum Gasteiger partial charge on any atom is -0.490 e. The van der Waals surface area contributed by atoms with Gasteiger partial charge in [-0.25, -0.2) is 5.43 Å². The van der Waals surface area contributed by atoms with Crippen LogP contribution in [0.2, 0.25) is 0 Å². The normalized spacial score (nSPS) is 10.4. The highest BCUT2D eigenvalue weighted by atomic mass is 79.9. The van der Waals surface area contributed by atoms with Crippen molar-refractivity contribution in [3.63, 3.8) is 0 Å². The molecule has 0 fully saturated rings. The van der Waals surface area contributed by atoms with Crippen LogP contribution in [-0.4, -0.2) is 24.6 Å². The number of halogens is 1. The molecule has 9 heteroatoms. The Bertz CT molecular complexity index is 1270. The summed E-state index contributed by atoms with van der Waals surface area (Å²) in [6.45, 7) is 2.50. The Balaban J connectivity index is 1.57. The van der Waals surface area contributed by atoms with Gasteiger partial charge < -0.3 is 14.8 Å². The summed E-state index contributed by atoms with van der Waals surface area (Å²) >= 11 is 3.34. The van der Waals surface area contributed by atoms with E-state index in [-0.39, 0.29) is 13.0 Å². The average Bonchev–Trinajstić information content (AvgIpc) is 2.85. The van der Waals surface area contributed by atoms with Crippen molar-refractivity contribution in [2.75, 3.05) is 11.9 Å². The Morgan fingerprint density at radius 1 is 1.03 bits per heavy atom. The van der Waals surface area contributed by atoms with Gasteiger partial charge in [0.15, 0.2) is 11.5 Å². The van der Waals surface area contributed by atoms with E-state index >= 15 is 0 Å². The maximum atomic E-state index is 12.1.